The second-order valence-electron chi connectivity index (χ2n) is 5.90. The van der Waals surface area contributed by atoms with Gasteiger partial charge in [-0.1, -0.05) is 13.3 Å². The number of carbonyl (C=O) groups excluding carboxylic acids is 1. The van der Waals surface area contributed by atoms with Crippen molar-refractivity contribution in [3.8, 4) is 0 Å². The SMILES string of the molecule is COC(=O)C(C)CNC1CC2CCCC(C1)N2C. The van der Waals surface area contributed by atoms with Gasteiger partial charge in [-0.25, -0.2) is 0 Å². The van der Waals surface area contributed by atoms with Crippen LogP contribution in [0.25, 0.3) is 0 Å². The topological polar surface area (TPSA) is 41.6 Å². The summed E-state index contributed by atoms with van der Waals surface area (Å²) in [5.74, 6) is -0.162. The molecule has 2 rings (SSSR count). The van der Waals surface area contributed by atoms with Crippen molar-refractivity contribution in [1.29, 1.82) is 0 Å². The molecule has 1 N–H and O–H groups in total. The third-order valence-electron chi connectivity index (χ3n) is 4.66. The predicted molar refractivity (Wildman–Crippen MR) is 71.4 cm³/mol. The summed E-state index contributed by atoms with van der Waals surface area (Å²) in [6.45, 7) is 2.66. The fourth-order valence-corrected chi connectivity index (χ4v) is 3.41. The number of ether oxygens (including phenoxy) is 1. The van der Waals surface area contributed by atoms with Gasteiger partial charge in [-0.15, -0.1) is 0 Å². The van der Waals surface area contributed by atoms with E-state index in [1.54, 1.807) is 0 Å². The number of esters is 1. The molecule has 104 valence electrons. The number of hydrogen-bond donors (Lipinski definition) is 1. The molecule has 3 unspecified atom stereocenters. The number of methoxy groups -OCH3 is 1. The minimum atomic E-state index is -0.115. The van der Waals surface area contributed by atoms with Crippen LogP contribution in [0.1, 0.15) is 39.0 Å². The van der Waals surface area contributed by atoms with Crippen LogP contribution < -0.4 is 5.32 Å². The Hall–Kier alpha value is -0.610. The highest BCUT2D eigenvalue weighted by atomic mass is 16.5. The minimum absolute atomic E-state index is 0.0468. The van der Waals surface area contributed by atoms with Gasteiger partial charge in [0.2, 0.25) is 0 Å². The highest BCUT2D eigenvalue weighted by Gasteiger charge is 2.35. The summed E-state index contributed by atoms with van der Waals surface area (Å²) in [4.78, 5) is 13.9. The van der Waals surface area contributed by atoms with Crippen LogP contribution >= 0.6 is 0 Å². The van der Waals surface area contributed by atoms with E-state index in [1.807, 2.05) is 6.92 Å². The average Bonchev–Trinajstić information content (AvgIpc) is 2.35. The average molecular weight is 254 g/mol. The number of piperidine rings is 2. The molecule has 3 atom stereocenters. The van der Waals surface area contributed by atoms with E-state index >= 15 is 0 Å². The van der Waals surface area contributed by atoms with Crippen LogP contribution in [0, 0.1) is 5.92 Å². The van der Waals surface area contributed by atoms with Gasteiger partial charge in [0.15, 0.2) is 0 Å². The molecule has 2 aliphatic rings. The number of nitrogens with zero attached hydrogens (tertiary/aromatic N) is 1. The number of hydrogen-bond acceptors (Lipinski definition) is 4. The molecule has 0 aromatic heterocycles. The van der Waals surface area contributed by atoms with Crippen molar-refractivity contribution < 1.29 is 9.53 Å². The molecule has 4 nitrogen and oxygen atoms in total. The van der Waals surface area contributed by atoms with Crippen LogP contribution in [0.2, 0.25) is 0 Å². The number of rotatable bonds is 4. The van der Waals surface area contributed by atoms with E-state index in [9.17, 15) is 4.79 Å². The van der Waals surface area contributed by atoms with Crippen LogP contribution in [-0.4, -0.2) is 49.7 Å². The lowest BCUT2D eigenvalue weighted by Crippen LogP contribution is -2.55. The monoisotopic (exact) mass is 254 g/mol. The zero-order valence-electron chi connectivity index (χ0n) is 11.8. The maximum absolute atomic E-state index is 11.4. The lowest BCUT2D eigenvalue weighted by atomic mass is 9.82. The Balaban J connectivity index is 1.79. The molecule has 18 heavy (non-hydrogen) atoms. The molecule has 0 spiro atoms. The van der Waals surface area contributed by atoms with Crippen molar-refractivity contribution in [3.63, 3.8) is 0 Å². The lowest BCUT2D eigenvalue weighted by molar-refractivity contribution is -0.144. The van der Waals surface area contributed by atoms with Gasteiger partial charge >= 0.3 is 5.97 Å². The van der Waals surface area contributed by atoms with E-state index < -0.39 is 0 Å². The van der Waals surface area contributed by atoms with Crippen LogP contribution in [0.15, 0.2) is 0 Å². The molecule has 0 radical (unpaired) electrons. The molecular formula is C14H26N2O2. The van der Waals surface area contributed by atoms with E-state index in [1.165, 1.54) is 39.2 Å². The molecule has 2 heterocycles. The minimum Gasteiger partial charge on any atom is -0.469 e. The fourth-order valence-electron chi connectivity index (χ4n) is 3.41. The first-order valence-electron chi connectivity index (χ1n) is 7.15. The van der Waals surface area contributed by atoms with E-state index in [4.69, 9.17) is 4.74 Å². The van der Waals surface area contributed by atoms with Gasteiger partial charge in [-0.3, -0.25) is 4.79 Å². The Bertz CT molecular complexity index is 282. The van der Waals surface area contributed by atoms with Crippen LogP contribution in [0.4, 0.5) is 0 Å². The van der Waals surface area contributed by atoms with Crippen molar-refractivity contribution in [2.24, 2.45) is 5.92 Å². The normalized spacial score (nSPS) is 34.1. The second-order valence-corrected chi connectivity index (χ2v) is 5.90. The van der Waals surface area contributed by atoms with E-state index in [2.05, 4.69) is 17.3 Å². The third-order valence-corrected chi connectivity index (χ3v) is 4.66. The summed E-state index contributed by atoms with van der Waals surface area (Å²) < 4.78 is 4.76. The molecule has 2 fully saturated rings. The smallest absolute Gasteiger partial charge is 0.309 e. The van der Waals surface area contributed by atoms with Crippen LogP contribution in [0.5, 0.6) is 0 Å². The highest BCUT2D eigenvalue weighted by molar-refractivity contribution is 5.72. The van der Waals surface area contributed by atoms with Gasteiger partial charge in [-0.05, 0) is 32.7 Å². The van der Waals surface area contributed by atoms with Gasteiger partial charge in [0.1, 0.15) is 0 Å². The summed E-state index contributed by atoms with van der Waals surface area (Å²) in [5, 5.41) is 3.56. The van der Waals surface area contributed by atoms with Crippen molar-refractivity contribution in [3.05, 3.63) is 0 Å². The highest BCUT2D eigenvalue weighted by Crippen LogP contribution is 2.32. The van der Waals surface area contributed by atoms with Gasteiger partial charge in [0.25, 0.3) is 0 Å². The molecule has 0 amide bonds. The first-order valence-corrected chi connectivity index (χ1v) is 7.15. The largest absolute Gasteiger partial charge is 0.469 e. The van der Waals surface area contributed by atoms with Gasteiger partial charge in [0.05, 0.1) is 13.0 Å². The van der Waals surface area contributed by atoms with Crippen molar-refractivity contribution in [1.82, 2.24) is 10.2 Å². The summed E-state index contributed by atoms with van der Waals surface area (Å²) in [6, 6.07) is 2.05. The van der Waals surface area contributed by atoms with Crippen LogP contribution in [-0.2, 0) is 9.53 Å². The first-order chi connectivity index (χ1) is 8.61. The molecule has 0 aliphatic carbocycles. The summed E-state index contributed by atoms with van der Waals surface area (Å²) >= 11 is 0. The molecular weight excluding hydrogens is 228 g/mol. The third kappa shape index (κ3) is 3.04. The molecule has 2 bridgehead atoms. The Morgan fingerprint density at radius 1 is 1.39 bits per heavy atom. The summed E-state index contributed by atoms with van der Waals surface area (Å²) in [5.41, 5.74) is 0. The Labute approximate surface area is 110 Å². The van der Waals surface area contributed by atoms with Crippen molar-refractivity contribution in [2.45, 2.75) is 57.2 Å². The summed E-state index contributed by atoms with van der Waals surface area (Å²) in [6.07, 6.45) is 6.49. The molecule has 2 aliphatic heterocycles. The Morgan fingerprint density at radius 3 is 2.56 bits per heavy atom. The molecule has 0 aromatic carbocycles. The number of carbonyl (C=O) groups is 1. The predicted octanol–water partition coefficient (Wildman–Crippen LogP) is 1.40. The molecule has 0 saturated carbocycles. The van der Waals surface area contributed by atoms with E-state index in [-0.39, 0.29) is 11.9 Å². The quantitative estimate of drug-likeness (QED) is 0.770. The lowest BCUT2D eigenvalue weighted by Gasteiger charge is -2.47. The van der Waals surface area contributed by atoms with Crippen LogP contribution in [0.3, 0.4) is 0 Å². The van der Waals surface area contributed by atoms with Crippen molar-refractivity contribution in [2.75, 3.05) is 20.7 Å². The molecule has 2 saturated heterocycles. The Morgan fingerprint density at radius 2 is 2.00 bits per heavy atom. The summed E-state index contributed by atoms with van der Waals surface area (Å²) in [7, 11) is 3.72. The van der Waals surface area contributed by atoms with Gasteiger partial charge < -0.3 is 15.0 Å². The van der Waals surface area contributed by atoms with Crippen molar-refractivity contribution >= 4 is 5.97 Å². The first kappa shape index (κ1) is 13.8. The second kappa shape index (κ2) is 6.02. The molecule has 0 aromatic rings. The van der Waals surface area contributed by atoms with Gasteiger partial charge in [0, 0.05) is 24.7 Å². The standard InChI is InChI=1S/C14H26N2O2/c1-10(14(17)18-3)9-15-11-7-12-5-4-6-13(8-11)16(12)2/h10-13,15H,4-9H2,1-3H3. The fraction of sp³-hybridized carbons (Fsp3) is 0.929. The zero-order chi connectivity index (χ0) is 13.1. The number of fused-ring (bicyclic) bond motifs is 2. The van der Waals surface area contributed by atoms with E-state index in [0.717, 1.165) is 18.6 Å². The zero-order valence-corrected chi connectivity index (χ0v) is 11.8. The van der Waals surface area contributed by atoms with E-state index in [0.29, 0.717) is 6.04 Å². The maximum atomic E-state index is 11.4. The Kier molecular flexibility index (Phi) is 4.62. The molecule has 4 heteroatoms. The maximum Gasteiger partial charge on any atom is 0.309 e. The number of nitrogens with one attached hydrogen (secondary N) is 1. The van der Waals surface area contributed by atoms with Gasteiger partial charge in [-0.2, -0.15) is 0 Å².